The van der Waals surface area contributed by atoms with Gasteiger partial charge in [0.2, 0.25) is 5.91 Å². The van der Waals surface area contributed by atoms with Gasteiger partial charge in [-0.25, -0.2) is 4.79 Å². The van der Waals surface area contributed by atoms with Crippen molar-refractivity contribution < 1.29 is 19.2 Å². The highest BCUT2D eigenvalue weighted by molar-refractivity contribution is 6.10. The first-order valence-electron chi connectivity index (χ1n) is 9.48. The lowest BCUT2D eigenvalue weighted by Gasteiger charge is -2.26. The Labute approximate surface area is 169 Å². The zero-order valence-electron chi connectivity index (χ0n) is 16.4. The standard InChI is InChI=1S/C22H23N3O4/c1-3-13-22(17-7-5-4-6-8-17)20(28)25(21(29)24-22)14-19(27)23-18-11-9-16(10-12-18)15(2)26/h4-12H,3,13-14H2,1-2H3,(H,23,27)(H,24,29)/t22-/m0/s1. The number of nitrogens with one attached hydrogen (secondary N) is 2. The van der Waals surface area contributed by atoms with Crippen molar-refractivity contribution in [3.63, 3.8) is 0 Å². The van der Waals surface area contributed by atoms with Crippen LogP contribution in [0.5, 0.6) is 0 Å². The molecule has 0 unspecified atom stereocenters. The maximum Gasteiger partial charge on any atom is 0.325 e. The molecule has 1 aliphatic rings. The summed E-state index contributed by atoms with van der Waals surface area (Å²) < 4.78 is 0. The van der Waals surface area contributed by atoms with Crippen LogP contribution >= 0.6 is 0 Å². The van der Waals surface area contributed by atoms with E-state index in [1.54, 1.807) is 36.4 Å². The summed E-state index contributed by atoms with van der Waals surface area (Å²) >= 11 is 0. The first-order chi connectivity index (χ1) is 13.9. The molecule has 3 rings (SSSR count). The van der Waals surface area contributed by atoms with E-state index in [1.165, 1.54) is 6.92 Å². The summed E-state index contributed by atoms with van der Waals surface area (Å²) in [6.45, 7) is 3.00. The van der Waals surface area contributed by atoms with Gasteiger partial charge in [-0.15, -0.1) is 0 Å². The minimum absolute atomic E-state index is 0.0737. The molecule has 0 aliphatic carbocycles. The van der Waals surface area contributed by atoms with E-state index in [0.29, 0.717) is 29.7 Å². The number of hydrogen-bond acceptors (Lipinski definition) is 4. The number of carbonyl (C=O) groups excluding carboxylic acids is 4. The molecular formula is C22H23N3O4. The Morgan fingerprint density at radius 3 is 2.28 bits per heavy atom. The molecule has 2 aromatic rings. The zero-order valence-corrected chi connectivity index (χ0v) is 16.4. The van der Waals surface area contributed by atoms with Crippen LogP contribution in [-0.4, -0.2) is 35.1 Å². The summed E-state index contributed by atoms with van der Waals surface area (Å²) in [7, 11) is 0. The SMILES string of the molecule is CCC[C@@]1(c2ccccc2)NC(=O)N(CC(=O)Nc2ccc(C(C)=O)cc2)C1=O. The van der Waals surface area contributed by atoms with Gasteiger partial charge in [-0.2, -0.15) is 0 Å². The predicted molar refractivity (Wildman–Crippen MR) is 108 cm³/mol. The molecule has 4 amide bonds. The largest absolute Gasteiger partial charge is 0.325 e. The second-order valence-electron chi connectivity index (χ2n) is 7.02. The summed E-state index contributed by atoms with van der Waals surface area (Å²) in [4.78, 5) is 50.4. The molecule has 7 nitrogen and oxygen atoms in total. The topological polar surface area (TPSA) is 95.6 Å². The van der Waals surface area contributed by atoms with E-state index < -0.39 is 29.9 Å². The van der Waals surface area contributed by atoms with Crippen molar-refractivity contribution in [2.24, 2.45) is 0 Å². The monoisotopic (exact) mass is 393 g/mol. The number of anilines is 1. The maximum absolute atomic E-state index is 13.2. The Kier molecular flexibility index (Phi) is 5.77. The smallest absolute Gasteiger partial charge is 0.325 e. The number of carbonyl (C=O) groups is 4. The van der Waals surface area contributed by atoms with Crippen LogP contribution in [0.3, 0.4) is 0 Å². The number of imide groups is 1. The number of rotatable bonds is 7. The zero-order chi connectivity index (χ0) is 21.0. The first-order valence-corrected chi connectivity index (χ1v) is 9.48. The Balaban J connectivity index is 1.75. The summed E-state index contributed by atoms with van der Waals surface area (Å²) in [5.74, 6) is -1.00. The minimum Gasteiger partial charge on any atom is -0.325 e. The normalized spacial score (nSPS) is 18.5. The van der Waals surface area contributed by atoms with E-state index in [2.05, 4.69) is 10.6 Å². The number of amides is 4. The Bertz CT molecular complexity index is 940. The van der Waals surface area contributed by atoms with Crippen LogP contribution in [0.25, 0.3) is 0 Å². The highest BCUT2D eigenvalue weighted by Gasteiger charge is 2.52. The van der Waals surface area contributed by atoms with Crippen LogP contribution < -0.4 is 10.6 Å². The number of urea groups is 1. The lowest BCUT2D eigenvalue weighted by Crippen LogP contribution is -2.44. The van der Waals surface area contributed by atoms with E-state index >= 15 is 0 Å². The van der Waals surface area contributed by atoms with Crippen LogP contribution in [0.15, 0.2) is 54.6 Å². The Hall–Kier alpha value is -3.48. The van der Waals surface area contributed by atoms with Gasteiger partial charge < -0.3 is 10.6 Å². The Morgan fingerprint density at radius 1 is 1.03 bits per heavy atom. The summed E-state index contributed by atoms with van der Waals surface area (Å²) in [6.07, 6.45) is 1.12. The molecule has 1 aliphatic heterocycles. The van der Waals surface area contributed by atoms with Gasteiger partial charge in [-0.05, 0) is 43.2 Å². The number of ketones is 1. The molecule has 2 aromatic carbocycles. The van der Waals surface area contributed by atoms with Crippen LogP contribution in [0.2, 0.25) is 0 Å². The third-order valence-corrected chi connectivity index (χ3v) is 4.94. The van der Waals surface area contributed by atoms with Crippen molar-refractivity contribution >= 4 is 29.3 Å². The number of hydrogen-bond donors (Lipinski definition) is 2. The van der Waals surface area contributed by atoms with E-state index in [0.717, 1.165) is 4.90 Å². The summed E-state index contributed by atoms with van der Waals surface area (Å²) in [6, 6.07) is 14.9. The minimum atomic E-state index is -1.16. The number of benzene rings is 2. The molecule has 29 heavy (non-hydrogen) atoms. The molecule has 1 fully saturated rings. The van der Waals surface area contributed by atoms with E-state index in [4.69, 9.17) is 0 Å². The molecule has 0 spiro atoms. The van der Waals surface area contributed by atoms with Gasteiger partial charge in [0.1, 0.15) is 12.1 Å². The molecular weight excluding hydrogens is 370 g/mol. The van der Waals surface area contributed by atoms with Crippen molar-refractivity contribution in [1.82, 2.24) is 10.2 Å². The maximum atomic E-state index is 13.2. The van der Waals surface area contributed by atoms with Crippen molar-refractivity contribution in [3.05, 3.63) is 65.7 Å². The van der Waals surface area contributed by atoms with Gasteiger partial charge in [0.25, 0.3) is 5.91 Å². The van der Waals surface area contributed by atoms with Gasteiger partial charge in [0.15, 0.2) is 5.78 Å². The van der Waals surface area contributed by atoms with Crippen molar-refractivity contribution in [1.29, 1.82) is 0 Å². The van der Waals surface area contributed by atoms with E-state index in [9.17, 15) is 19.2 Å². The van der Waals surface area contributed by atoms with Crippen LogP contribution in [-0.2, 0) is 15.1 Å². The van der Waals surface area contributed by atoms with Gasteiger partial charge in [0.05, 0.1) is 0 Å². The van der Waals surface area contributed by atoms with Crippen molar-refractivity contribution in [2.45, 2.75) is 32.2 Å². The molecule has 0 bridgehead atoms. The molecule has 2 N–H and O–H groups in total. The summed E-state index contributed by atoms with van der Waals surface area (Å²) in [5, 5.41) is 5.44. The fourth-order valence-corrected chi connectivity index (χ4v) is 3.51. The molecule has 0 radical (unpaired) electrons. The molecule has 1 saturated heterocycles. The van der Waals surface area contributed by atoms with E-state index in [1.807, 2.05) is 25.1 Å². The third kappa shape index (κ3) is 4.03. The molecule has 0 saturated carbocycles. The fraction of sp³-hybridized carbons (Fsp3) is 0.273. The third-order valence-electron chi connectivity index (χ3n) is 4.94. The first kappa shape index (κ1) is 20.3. The van der Waals surface area contributed by atoms with Gasteiger partial charge in [-0.1, -0.05) is 43.7 Å². The van der Waals surface area contributed by atoms with Crippen molar-refractivity contribution in [2.75, 3.05) is 11.9 Å². The molecule has 150 valence electrons. The fourth-order valence-electron chi connectivity index (χ4n) is 3.51. The number of Topliss-reactive ketones (excluding diaryl/α,β-unsaturated/α-hetero) is 1. The van der Waals surface area contributed by atoms with Gasteiger partial charge in [-0.3, -0.25) is 19.3 Å². The van der Waals surface area contributed by atoms with Gasteiger partial charge in [0, 0.05) is 11.3 Å². The molecule has 1 heterocycles. The van der Waals surface area contributed by atoms with Gasteiger partial charge >= 0.3 is 6.03 Å². The average molecular weight is 393 g/mol. The van der Waals surface area contributed by atoms with Crippen LogP contribution in [0.4, 0.5) is 10.5 Å². The number of nitrogens with zero attached hydrogens (tertiary/aromatic N) is 1. The second kappa shape index (κ2) is 8.26. The Morgan fingerprint density at radius 2 is 1.69 bits per heavy atom. The molecule has 1 atom stereocenters. The highest BCUT2D eigenvalue weighted by atomic mass is 16.2. The van der Waals surface area contributed by atoms with Crippen LogP contribution in [0.1, 0.15) is 42.6 Å². The van der Waals surface area contributed by atoms with Crippen LogP contribution in [0, 0.1) is 0 Å². The lowest BCUT2D eigenvalue weighted by atomic mass is 9.85. The predicted octanol–water partition coefficient (Wildman–Crippen LogP) is 3.08. The molecule has 7 heteroatoms. The summed E-state index contributed by atoms with van der Waals surface area (Å²) in [5.41, 5.74) is 0.554. The quantitative estimate of drug-likeness (QED) is 0.558. The second-order valence-corrected chi connectivity index (χ2v) is 7.02. The lowest BCUT2D eigenvalue weighted by molar-refractivity contribution is -0.134. The van der Waals surface area contributed by atoms with Crippen molar-refractivity contribution in [3.8, 4) is 0 Å². The van der Waals surface area contributed by atoms with E-state index in [-0.39, 0.29) is 5.78 Å². The highest BCUT2D eigenvalue weighted by Crippen LogP contribution is 2.33. The molecule has 0 aromatic heterocycles. The average Bonchev–Trinajstić information content (AvgIpc) is 2.94.